The third-order valence-electron chi connectivity index (χ3n) is 4.79. The summed E-state index contributed by atoms with van der Waals surface area (Å²) in [5.74, 6) is -1.81. The van der Waals surface area contributed by atoms with E-state index >= 15 is 0 Å². The second-order valence-corrected chi connectivity index (χ2v) is 6.87. The lowest BCUT2D eigenvalue weighted by Crippen LogP contribution is -2.37. The number of carbonyl (C=O) groups excluding carboxylic acids is 3. The first-order chi connectivity index (χ1) is 14.3. The number of hydrogen-bond donors (Lipinski definition) is 2. The van der Waals surface area contributed by atoms with Gasteiger partial charge in [-0.05, 0) is 37.1 Å². The highest BCUT2D eigenvalue weighted by Gasteiger charge is 2.23. The number of esters is 1. The zero-order chi connectivity index (χ0) is 21.8. The van der Waals surface area contributed by atoms with Gasteiger partial charge < -0.3 is 15.4 Å². The van der Waals surface area contributed by atoms with Crippen LogP contribution in [0.2, 0.25) is 0 Å². The first-order valence-electron chi connectivity index (χ1n) is 9.56. The molecule has 2 heterocycles. The number of aromatic nitrogens is 2. The highest BCUT2D eigenvalue weighted by Crippen LogP contribution is 2.21. The van der Waals surface area contributed by atoms with Gasteiger partial charge in [-0.15, -0.1) is 0 Å². The standard InChI is InChI=1S/C20H22N4O6/c1-2-9-24-17(21)16(18(27)22-20(24)29)14(25)11-30-19(28)12-5-7-13(8-6-12)23-10-3-4-15(23)26/h5-8H,2-4,9-11,21H2,1H3,(H,22,27,29). The summed E-state index contributed by atoms with van der Waals surface area (Å²) >= 11 is 0. The van der Waals surface area contributed by atoms with Crippen LogP contribution >= 0.6 is 0 Å². The van der Waals surface area contributed by atoms with Crippen molar-refractivity contribution in [2.24, 2.45) is 0 Å². The first-order valence-corrected chi connectivity index (χ1v) is 9.56. The van der Waals surface area contributed by atoms with Crippen molar-refractivity contribution in [2.75, 3.05) is 23.8 Å². The molecule has 0 atom stereocenters. The molecular weight excluding hydrogens is 392 g/mol. The number of H-pyrrole nitrogens is 1. The number of carbonyl (C=O) groups is 3. The predicted octanol–water partition coefficient (Wildman–Crippen LogP) is 0.695. The molecule has 1 aliphatic rings. The highest BCUT2D eigenvalue weighted by molar-refractivity contribution is 6.02. The maximum atomic E-state index is 12.4. The van der Waals surface area contributed by atoms with E-state index < -0.39 is 35.2 Å². The number of amides is 1. The number of nitrogens with one attached hydrogen (secondary N) is 1. The summed E-state index contributed by atoms with van der Waals surface area (Å²) in [6, 6.07) is 6.25. The molecule has 1 aromatic heterocycles. The van der Waals surface area contributed by atoms with Crippen LogP contribution in [0, 0.1) is 0 Å². The van der Waals surface area contributed by atoms with Crippen molar-refractivity contribution in [1.82, 2.24) is 9.55 Å². The van der Waals surface area contributed by atoms with Gasteiger partial charge in [0, 0.05) is 25.2 Å². The van der Waals surface area contributed by atoms with Gasteiger partial charge in [0.2, 0.25) is 11.7 Å². The average Bonchev–Trinajstić information content (AvgIpc) is 3.15. The molecule has 1 aliphatic heterocycles. The summed E-state index contributed by atoms with van der Waals surface area (Å²) in [6.07, 6.45) is 1.86. The summed E-state index contributed by atoms with van der Waals surface area (Å²) < 4.78 is 6.10. The van der Waals surface area contributed by atoms with Crippen LogP contribution < -0.4 is 21.9 Å². The number of ketones is 1. The number of nitrogens with zero attached hydrogens (tertiary/aromatic N) is 2. The van der Waals surface area contributed by atoms with Crippen molar-refractivity contribution in [3.63, 3.8) is 0 Å². The lowest BCUT2D eigenvalue weighted by atomic mass is 10.2. The maximum absolute atomic E-state index is 12.4. The highest BCUT2D eigenvalue weighted by atomic mass is 16.5. The number of nitrogens with two attached hydrogens (primary N) is 1. The molecule has 2 aromatic rings. The molecule has 10 heteroatoms. The maximum Gasteiger partial charge on any atom is 0.338 e. The van der Waals surface area contributed by atoms with E-state index in [0.717, 1.165) is 11.0 Å². The number of Topliss-reactive ketones (excluding diaryl/α,β-unsaturated/α-hetero) is 1. The number of rotatable bonds is 7. The Morgan fingerprint density at radius 1 is 1.17 bits per heavy atom. The Morgan fingerprint density at radius 3 is 2.47 bits per heavy atom. The van der Waals surface area contributed by atoms with Gasteiger partial charge >= 0.3 is 11.7 Å². The Hall–Kier alpha value is -3.69. The second-order valence-electron chi connectivity index (χ2n) is 6.87. The molecular formula is C20H22N4O6. The Morgan fingerprint density at radius 2 is 1.87 bits per heavy atom. The number of hydrogen-bond acceptors (Lipinski definition) is 7. The molecule has 3 rings (SSSR count). The van der Waals surface area contributed by atoms with Gasteiger partial charge in [-0.25, -0.2) is 9.59 Å². The Labute approximate surface area is 171 Å². The topological polar surface area (TPSA) is 145 Å². The van der Waals surface area contributed by atoms with Crippen LogP contribution in [0.3, 0.4) is 0 Å². The molecule has 3 N–H and O–H groups in total. The smallest absolute Gasteiger partial charge is 0.338 e. The molecule has 158 valence electrons. The van der Waals surface area contributed by atoms with Gasteiger partial charge in [0.1, 0.15) is 11.4 Å². The normalized spacial score (nSPS) is 13.5. The fourth-order valence-electron chi connectivity index (χ4n) is 3.29. The van der Waals surface area contributed by atoms with E-state index in [4.69, 9.17) is 10.5 Å². The molecule has 1 amide bonds. The minimum Gasteiger partial charge on any atom is -0.454 e. The Bertz CT molecular complexity index is 1100. The van der Waals surface area contributed by atoms with Crippen molar-refractivity contribution < 1.29 is 19.1 Å². The van der Waals surface area contributed by atoms with Crippen molar-refractivity contribution in [1.29, 1.82) is 0 Å². The molecule has 30 heavy (non-hydrogen) atoms. The van der Waals surface area contributed by atoms with Gasteiger partial charge in [0.05, 0.1) is 5.56 Å². The third-order valence-corrected chi connectivity index (χ3v) is 4.79. The zero-order valence-electron chi connectivity index (χ0n) is 16.5. The number of benzene rings is 1. The summed E-state index contributed by atoms with van der Waals surface area (Å²) in [5.41, 5.74) is 4.65. The van der Waals surface area contributed by atoms with Gasteiger partial charge in [-0.2, -0.15) is 0 Å². The average molecular weight is 414 g/mol. The summed E-state index contributed by atoms with van der Waals surface area (Å²) in [5, 5.41) is 0. The lowest BCUT2D eigenvalue weighted by molar-refractivity contribution is -0.117. The molecule has 1 fully saturated rings. The van der Waals surface area contributed by atoms with Crippen molar-refractivity contribution in [3.05, 3.63) is 56.2 Å². The van der Waals surface area contributed by atoms with E-state index in [1.54, 1.807) is 17.0 Å². The zero-order valence-corrected chi connectivity index (χ0v) is 16.5. The fourth-order valence-corrected chi connectivity index (χ4v) is 3.29. The minimum absolute atomic E-state index is 0.0307. The van der Waals surface area contributed by atoms with Gasteiger partial charge in [0.15, 0.2) is 6.61 Å². The van der Waals surface area contributed by atoms with Crippen molar-refractivity contribution in [3.8, 4) is 0 Å². The molecule has 10 nitrogen and oxygen atoms in total. The van der Waals surface area contributed by atoms with Crippen LogP contribution in [0.1, 0.15) is 46.9 Å². The summed E-state index contributed by atoms with van der Waals surface area (Å²) in [7, 11) is 0. The van der Waals surface area contributed by atoms with Crippen LogP contribution in [-0.4, -0.2) is 40.4 Å². The summed E-state index contributed by atoms with van der Waals surface area (Å²) in [4.78, 5) is 64.0. The monoisotopic (exact) mass is 414 g/mol. The number of ether oxygens (including phenoxy) is 1. The van der Waals surface area contributed by atoms with Gasteiger partial charge in [0.25, 0.3) is 5.56 Å². The molecule has 0 unspecified atom stereocenters. The molecule has 1 aromatic carbocycles. The van der Waals surface area contributed by atoms with Crippen molar-refractivity contribution >= 4 is 29.2 Å². The van der Waals surface area contributed by atoms with Crippen LogP contribution in [0.5, 0.6) is 0 Å². The lowest BCUT2D eigenvalue weighted by Gasteiger charge is -2.15. The van der Waals surface area contributed by atoms with Crippen LogP contribution in [-0.2, 0) is 16.1 Å². The molecule has 0 bridgehead atoms. The fraction of sp³-hybridized carbons (Fsp3) is 0.350. The molecule has 0 aliphatic carbocycles. The number of anilines is 2. The third kappa shape index (κ3) is 4.17. The molecule has 0 spiro atoms. The molecule has 1 saturated heterocycles. The van der Waals surface area contributed by atoms with Crippen molar-refractivity contribution in [2.45, 2.75) is 32.7 Å². The number of nitrogen functional groups attached to an aromatic ring is 1. The molecule has 0 saturated carbocycles. The predicted molar refractivity (Wildman–Crippen MR) is 109 cm³/mol. The van der Waals surface area contributed by atoms with Gasteiger partial charge in [-0.3, -0.25) is 23.9 Å². The van der Waals surface area contributed by atoms with Crippen LogP contribution in [0.4, 0.5) is 11.5 Å². The first kappa shape index (κ1) is 21.0. The Balaban J connectivity index is 1.70. The van der Waals surface area contributed by atoms with E-state index in [1.807, 2.05) is 11.9 Å². The van der Waals surface area contributed by atoms with E-state index in [9.17, 15) is 24.0 Å². The quantitative estimate of drug-likeness (QED) is 0.501. The van der Waals surface area contributed by atoms with E-state index in [0.29, 0.717) is 25.1 Å². The second kappa shape index (κ2) is 8.76. The van der Waals surface area contributed by atoms with Gasteiger partial charge in [-0.1, -0.05) is 6.92 Å². The Kier molecular flexibility index (Phi) is 6.14. The molecule has 0 radical (unpaired) electrons. The van der Waals surface area contributed by atoms with E-state index in [1.165, 1.54) is 12.1 Å². The van der Waals surface area contributed by atoms with Crippen LogP contribution in [0.25, 0.3) is 0 Å². The summed E-state index contributed by atoms with van der Waals surface area (Å²) in [6.45, 7) is 1.97. The number of aromatic amines is 1. The van der Waals surface area contributed by atoms with E-state index in [2.05, 4.69) is 0 Å². The largest absolute Gasteiger partial charge is 0.454 e. The SMILES string of the molecule is CCCn1c(N)c(C(=O)COC(=O)c2ccc(N3CCCC3=O)cc2)c(=O)[nH]c1=O. The van der Waals surface area contributed by atoms with Crippen LogP contribution in [0.15, 0.2) is 33.9 Å². The minimum atomic E-state index is -0.925. The van der Waals surface area contributed by atoms with E-state index in [-0.39, 0.29) is 23.8 Å².